The van der Waals surface area contributed by atoms with E-state index in [1.165, 1.54) is 26.0 Å². The molecule has 4 aromatic rings. The van der Waals surface area contributed by atoms with Crippen LogP contribution in [0.4, 0.5) is 11.4 Å². The minimum Gasteiger partial charge on any atom is -0.326 e. The largest absolute Gasteiger partial charge is 0.326 e. The zero-order chi connectivity index (χ0) is 28.3. The van der Waals surface area contributed by atoms with Crippen molar-refractivity contribution in [1.82, 2.24) is 0 Å². The lowest BCUT2D eigenvalue weighted by Crippen LogP contribution is -2.26. The molecule has 0 spiro atoms. The number of carbonyl (C=O) groups is 6. The summed E-state index contributed by atoms with van der Waals surface area (Å²) in [6, 6.07) is 18.9. The molecule has 0 saturated carbocycles. The van der Waals surface area contributed by atoms with Crippen LogP contribution in [0.2, 0.25) is 0 Å². The second-order valence-electron chi connectivity index (χ2n) is 9.59. The van der Waals surface area contributed by atoms with Crippen LogP contribution in [-0.2, 0) is 9.59 Å². The van der Waals surface area contributed by atoms with Gasteiger partial charge in [0.25, 0.3) is 0 Å². The van der Waals surface area contributed by atoms with Gasteiger partial charge in [-0.1, -0.05) is 60.7 Å². The fraction of sp³-hybridized carbons (Fsp3) is 0.0625. The van der Waals surface area contributed by atoms with E-state index >= 15 is 0 Å². The third-order valence-electron chi connectivity index (χ3n) is 7.06. The van der Waals surface area contributed by atoms with Gasteiger partial charge in [-0.15, -0.1) is 0 Å². The van der Waals surface area contributed by atoms with Crippen LogP contribution < -0.4 is 10.6 Å². The number of ketones is 4. The Balaban J connectivity index is 1.69. The minimum absolute atomic E-state index is 0.00562. The maximum absolute atomic E-state index is 13.9. The fourth-order valence-corrected chi connectivity index (χ4v) is 5.48. The van der Waals surface area contributed by atoms with E-state index in [-0.39, 0.29) is 67.0 Å². The van der Waals surface area contributed by atoms with Gasteiger partial charge in [0.15, 0.2) is 23.1 Å². The quantitative estimate of drug-likeness (QED) is 0.339. The number of nitrogens with one attached hydrogen (secondary N) is 2. The fourth-order valence-electron chi connectivity index (χ4n) is 5.48. The first kappa shape index (κ1) is 24.8. The summed E-state index contributed by atoms with van der Waals surface area (Å²) in [7, 11) is 0. The smallest absolute Gasteiger partial charge is 0.221 e. The molecule has 40 heavy (non-hydrogen) atoms. The van der Waals surface area contributed by atoms with Gasteiger partial charge in [-0.25, -0.2) is 0 Å². The van der Waals surface area contributed by atoms with Gasteiger partial charge < -0.3 is 10.6 Å². The maximum Gasteiger partial charge on any atom is 0.221 e. The van der Waals surface area contributed by atoms with E-state index < -0.39 is 34.9 Å². The molecule has 2 amide bonds. The normalized spacial score (nSPS) is 13.2. The number of amides is 2. The van der Waals surface area contributed by atoms with Crippen LogP contribution in [-0.4, -0.2) is 34.9 Å². The topological polar surface area (TPSA) is 126 Å². The Morgan fingerprint density at radius 2 is 0.725 bits per heavy atom. The third kappa shape index (κ3) is 3.61. The van der Waals surface area contributed by atoms with Crippen molar-refractivity contribution < 1.29 is 28.8 Å². The molecule has 194 valence electrons. The summed E-state index contributed by atoms with van der Waals surface area (Å²) < 4.78 is 0. The van der Waals surface area contributed by atoms with E-state index in [9.17, 15) is 28.8 Å². The Bertz CT molecular complexity index is 1750. The van der Waals surface area contributed by atoms with Crippen LogP contribution in [0.5, 0.6) is 0 Å². The molecule has 0 bridgehead atoms. The number of hydrogen-bond acceptors (Lipinski definition) is 6. The molecule has 2 N–H and O–H groups in total. The molecule has 0 atom stereocenters. The summed E-state index contributed by atoms with van der Waals surface area (Å²) in [6.45, 7) is 2.59. The van der Waals surface area contributed by atoms with Crippen molar-refractivity contribution >= 4 is 46.3 Å². The average molecular weight is 529 g/mol. The second-order valence-corrected chi connectivity index (χ2v) is 9.59. The number of carbonyl (C=O) groups excluding carboxylic acids is 6. The highest BCUT2D eigenvalue weighted by Gasteiger charge is 2.38. The lowest BCUT2D eigenvalue weighted by Gasteiger charge is -2.26. The summed E-state index contributed by atoms with van der Waals surface area (Å²) in [4.78, 5) is 79.2. The molecule has 0 aliphatic heterocycles. The van der Waals surface area contributed by atoms with E-state index in [1.807, 2.05) is 0 Å². The molecule has 2 aliphatic rings. The van der Waals surface area contributed by atoms with E-state index in [4.69, 9.17) is 0 Å². The average Bonchev–Trinajstić information content (AvgIpc) is 2.94. The minimum atomic E-state index is -0.456. The Morgan fingerprint density at radius 1 is 0.425 bits per heavy atom. The van der Waals surface area contributed by atoms with E-state index in [2.05, 4.69) is 10.6 Å². The van der Waals surface area contributed by atoms with Gasteiger partial charge in [-0.3, -0.25) is 28.8 Å². The van der Waals surface area contributed by atoms with Gasteiger partial charge in [0, 0.05) is 47.2 Å². The van der Waals surface area contributed by atoms with Crippen molar-refractivity contribution in [3.8, 4) is 11.1 Å². The molecule has 6 rings (SSSR count). The highest BCUT2D eigenvalue weighted by Crippen LogP contribution is 2.43. The Labute approximate surface area is 228 Å². The molecule has 8 heteroatoms. The molecule has 0 heterocycles. The molecule has 0 unspecified atom stereocenters. The van der Waals surface area contributed by atoms with Crippen LogP contribution in [0.1, 0.15) is 77.5 Å². The zero-order valence-electron chi connectivity index (χ0n) is 21.4. The Hall–Kier alpha value is -5.50. The number of anilines is 2. The lowest BCUT2D eigenvalue weighted by molar-refractivity contribution is -0.115. The van der Waals surface area contributed by atoms with Crippen molar-refractivity contribution in [3.05, 3.63) is 117 Å². The number of hydrogen-bond donors (Lipinski definition) is 2. The summed E-state index contributed by atoms with van der Waals surface area (Å²) >= 11 is 0. The van der Waals surface area contributed by atoms with E-state index in [0.29, 0.717) is 0 Å². The molecule has 0 saturated heterocycles. The van der Waals surface area contributed by atoms with Crippen molar-refractivity contribution in [1.29, 1.82) is 0 Å². The highest BCUT2D eigenvalue weighted by atomic mass is 16.2. The Kier molecular flexibility index (Phi) is 5.62. The van der Waals surface area contributed by atoms with Gasteiger partial charge in [-0.2, -0.15) is 0 Å². The summed E-state index contributed by atoms with van der Waals surface area (Å²) in [5.74, 6) is -2.67. The SMILES string of the molecule is CC(=O)Nc1ccc(-c2ccc(NC(C)=O)c3c2C(=O)c2ccccc2C3=O)c2c1C(=O)c1ccccc1C2=O. The predicted octanol–water partition coefficient (Wildman–Crippen LogP) is 4.82. The zero-order valence-corrected chi connectivity index (χ0v) is 21.4. The monoisotopic (exact) mass is 528 g/mol. The van der Waals surface area contributed by atoms with Crippen molar-refractivity contribution in [3.63, 3.8) is 0 Å². The first-order valence-corrected chi connectivity index (χ1v) is 12.5. The molecule has 2 aliphatic carbocycles. The number of rotatable bonds is 3. The van der Waals surface area contributed by atoms with Crippen LogP contribution in [0.15, 0.2) is 72.8 Å². The number of fused-ring (bicyclic) bond motifs is 4. The maximum atomic E-state index is 13.9. The molecule has 0 aromatic heterocycles. The standard InChI is InChI=1S/C32H20N2O6/c1-15(35)33-23-13-11-17(25-27(23)31(39)21-9-5-3-7-19(21)29(25)37)18-12-14-24(34-16(2)36)28-26(18)30(38)20-8-4-6-10-22(20)32(28)40/h3-14H,1-2H3,(H,33,35)(H,34,36). The number of benzene rings is 4. The van der Waals surface area contributed by atoms with Crippen molar-refractivity contribution in [2.24, 2.45) is 0 Å². The molecule has 0 fully saturated rings. The summed E-state index contributed by atoms with van der Waals surface area (Å²) in [6.07, 6.45) is 0. The van der Waals surface area contributed by atoms with Crippen LogP contribution in [0, 0.1) is 0 Å². The van der Waals surface area contributed by atoms with Crippen molar-refractivity contribution in [2.45, 2.75) is 13.8 Å². The van der Waals surface area contributed by atoms with Crippen molar-refractivity contribution in [2.75, 3.05) is 10.6 Å². The summed E-state index contributed by atoms with van der Waals surface area (Å²) in [5.41, 5.74) is 1.66. The van der Waals surface area contributed by atoms with Gasteiger partial charge >= 0.3 is 0 Å². The van der Waals surface area contributed by atoms with Crippen LogP contribution >= 0.6 is 0 Å². The van der Waals surface area contributed by atoms with Gasteiger partial charge in [-0.05, 0) is 23.3 Å². The predicted molar refractivity (Wildman–Crippen MR) is 147 cm³/mol. The first-order chi connectivity index (χ1) is 19.2. The molecular formula is C32H20N2O6. The van der Waals surface area contributed by atoms with Crippen LogP contribution in [0.25, 0.3) is 11.1 Å². The third-order valence-corrected chi connectivity index (χ3v) is 7.06. The van der Waals surface area contributed by atoms with Gasteiger partial charge in [0.2, 0.25) is 11.8 Å². The Morgan fingerprint density at radius 3 is 1.02 bits per heavy atom. The first-order valence-electron chi connectivity index (χ1n) is 12.5. The van der Waals surface area contributed by atoms with Crippen LogP contribution in [0.3, 0.4) is 0 Å². The second kappa shape index (κ2) is 9.06. The molecule has 8 nitrogen and oxygen atoms in total. The van der Waals surface area contributed by atoms with Gasteiger partial charge in [0.05, 0.1) is 22.5 Å². The lowest BCUT2D eigenvalue weighted by atomic mass is 9.75. The molecular weight excluding hydrogens is 508 g/mol. The van der Waals surface area contributed by atoms with Gasteiger partial charge in [0.1, 0.15) is 0 Å². The summed E-state index contributed by atoms with van der Waals surface area (Å²) in [5, 5.41) is 5.27. The molecule has 0 radical (unpaired) electrons. The van der Waals surface area contributed by atoms with E-state index in [1.54, 1.807) is 60.7 Å². The highest BCUT2D eigenvalue weighted by molar-refractivity contribution is 6.35. The molecule has 4 aromatic carbocycles. The van der Waals surface area contributed by atoms with E-state index in [0.717, 1.165) is 0 Å².